The third-order valence-electron chi connectivity index (χ3n) is 6.30. The Morgan fingerprint density at radius 3 is 2.68 bits per heavy atom. The number of rotatable bonds is 11. The third kappa shape index (κ3) is 6.97. The van der Waals surface area contributed by atoms with E-state index in [9.17, 15) is 9.18 Å². The highest BCUT2D eigenvalue weighted by Gasteiger charge is 2.20. The summed E-state index contributed by atoms with van der Waals surface area (Å²) in [7, 11) is 1.59. The summed E-state index contributed by atoms with van der Waals surface area (Å²) in [5.41, 5.74) is 6.79. The van der Waals surface area contributed by atoms with Gasteiger partial charge in [-0.25, -0.2) is 14.4 Å². The van der Waals surface area contributed by atoms with Gasteiger partial charge in [-0.15, -0.1) is 0 Å². The second kappa shape index (κ2) is 12.8. The molecule has 1 aliphatic heterocycles. The number of benzene rings is 2. The predicted octanol–water partition coefficient (Wildman–Crippen LogP) is 3.83. The van der Waals surface area contributed by atoms with Gasteiger partial charge < -0.3 is 25.4 Å². The Hall–Kier alpha value is -3.21. The molecule has 2 aromatic carbocycles. The number of ether oxygens (including phenoxy) is 2. The summed E-state index contributed by atoms with van der Waals surface area (Å²) in [6.07, 6.45) is 3.53. The summed E-state index contributed by atoms with van der Waals surface area (Å²) < 4.78 is 25.2. The van der Waals surface area contributed by atoms with Gasteiger partial charge in [-0.3, -0.25) is 9.69 Å². The van der Waals surface area contributed by atoms with Crippen LogP contribution in [0.5, 0.6) is 11.5 Å². The van der Waals surface area contributed by atoms with E-state index in [4.69, 9.17) is 26.8 Å². The third-order valence-corrected chi connectivity index (χ3v) is 6.59. The molecule has 0 unspecified atom stereocenters. The quantitative estimate of drug-likeness (QED) is 0.360. The van der Waals surface area contributed by atoms with E-state index >= 15 is 0 Å². The molecule has 1 saturated heterocycles. The van der Waals surface area contributed by atoms with Crippen LogP contribution in [0.4, 0.5) is 15.9 Å². The lowest BCUT2D eigenvalue weighted by Crippen LogP contribution is -2.49. The fraction of sp³-hybridized carbons (Fsp3) is 0.423. The predicted molar refractivity (Wildman–Crippen MR) is 142 cm³/mol. The Morgan fingerprint density at radius 2 is 1.95 bits per heavy atom. The highest BCUT2D eigenvalue weighted by atomic mass is 35.5. The van der Waals surface area contributed by atoms with Gasteiger partial charge in [0, 0.05) is 56.3 Å². The minimum absolute atomic E-state index is 0.0219. The fourth-order valence-electron chi connectivity index (χ4n) is 4.25. The summed E-state index contributed by atoms with van der Waals surface area (Å²) in [6.45, 7) is 5.13. The number of carbonyl (C=O) groups is 1. The van der Waals surface area contributed by atoms with E-state index < -0.39 is 5.82 Å². The molecule has 0 saturated carbocycles. The molecule has 3 aromatic rings. The number of hydrogen-bond donors (Lipinski definition) is 2. The molecule has 2 heterocycles. The highest BCUT2D eigenvalue weighted by molar-refractivity contribution is 6.31. The molecular weight excluding hydrogens is 499 g/mol. The van der Waals surface area contributed by atoms with Gasteiger partial charge >= 0.3 is 0 Å². The van der Waals surface area contributed by atoms with Gasteiger partial charge in [0.1, 0.15) is 18.0 Å². The maximum Gasteiger partial charge on any atom is 0.222 e. The number of fused-ring (bicyclic) bond motifs is 1. The first kappa shape index (κ1) is 26.8. The number of nitrogens with one attached hydrogen (secondary N) is 1. The van der Waals surface area contributed by atoms with E-state index in [1.165, 1.54) is 18.5 Å². The Bertz CT molecular complexity index is 1220. The van der Waals surface area contributed by atoms with E-state index in [0.717, 1.165) is 51.0 Å². The van der Waals surface area contributed by atoms with Crippen molar-refractivity contribution >= 4 is 39.9 Å². The van der Waals surface area contributed by atoms with Gasteiger partial charge in [0.05, 0.1) is 24.3 Å². The van der Waals surface area contributed by atoms with Crippen molar-refractivity contribution in [2.24, 2.45) is 5.73 Å². The zero-order valence-electron chi connectivity index (χ0n) is 20.9. The number of amides is 1. The second-order valence-electron chi connectivity index (χ2n) is 8.81. The Kier molecular flexibility index (Phi) is 9.32. The van der Waals surface area contributed by atoms with Gasteiger partial charge in [0.25, 0.3) is 0 Å². The average molecular weight is 531 g/mol. The van der Waals surface area contributed by atoms with Gasteiger partial charge in [-0.2, -0.15) is 0 Å². The minimum Gasteiger partial charge on any atom is -0.493 e. The maximum absolute atomic E-state index is 13.5. The van der Waals surface area contributed by atoms with Crippen molar-refractivity contribution in [2.45, 2.75) is 19.3 Å². The van der Waals surface area contributed by atoms with Gasteiger partial charge in [0.15, 0.2) is 11.5 Å². The summed E-state index contributed by atoms with van der Waals surface area (Å²) >= 11 is 5.92. The van der Waals surface area contributed by atoms with Crippen molar-refractivity contribution in [3.05, 3.63) is 47.5 Å². The number of aromatic nitrogens is 2. The molecule has 0 bridgehead atoms. The fourth-order valence-corrected chi connectivity index (χ4v) is 4.43. The van der Waals surface area contributed by atoms with Crippen LogP contribution in [0.1, 0.15) is 19.3 Å². The molecule has 0 aliphatic carbocycles. The summed E-state index contributed by atoms with van der Waals surface area (Å²) in [5.74, 6) is 1.40. The normalized spacial score (nSPS) is 14.1. The largest absolute Gasteiger partial charge is 0.493 e. The number of methoxy groups -OCH3 is 1. The molecular formula is C26H32ClFN6O3. The molecule has 0 atom stereocenters. The molecule has 198 valence electrons. The maximum atomic E-state index is 13.5. The van der Waals surface area contributed by atoms with Crippen LogP contribution in [-0.2, 0) is 4.79 Å². The smallest absolute Gasteiger partial charge is 0.222 e. The molecule has 1 fully saturated rings. The van der Waals surface area contributed by atoms with E-state index in [2.05, 4.69) is 20.2 Å². The van der Waals surface area contributed by atoms with E-state index in [1.54, 1.807) is 19.2 Å². The zero-order valence-corrected chi connectivity index (χ0v) is 21.6. The van der Waals surface area contributed by atoms with Crippen LogP contribution >= 0.6 is 11.6 Å². The van der Waals surface area contributed by atoms with Crippen molar-refractivity contribution < 1.29 is 18.7 Å². The minimum atomic E-state index is -0.488. The van der Waals surface area contributed by atoms with Gasteiger partial charge in [-0.05, 0) is 43.7 Å². The van der Waals surface area contributed by atoms with E-state index in [1.807, 2.05) is 11.0 Å². The zero-order chi connectivity index (χ0) is 26.2. The number of anilines is 2. The topological polar surface area (TPSA) is 106 Å². The Balaban J connectivity index is 1.35. The lowest BCUT2D eigenvalue weighted by molar-refractivity contribution is -0.133. The summed E-state index contributed by atoms with van der Waals surface area (Å²) in [5, 5.41) is 3.93. The van der Waals surface area contributed by atoms with Crippen LogP contribution in [0.25, 0.3) is 10.9 Å². The van der Waals surface area contributed by atoms with Crippen LogP contribution in [0.3, 0.4) is 0 Å². The monoisotopic (exact) mass is 530 g/mol. The van der Waals surface area contributed by atoms with Crippen LogP contribution in [0, 0.1) is 5.82 Å². The molecule has 3 N–H and O–H groups in total. The van der Waals surface area contributed by atoms with Crippen LogP contribution in [-0.4, -0.2) is 78.7 Å². The molecule has 37 heavy (non-hydrogen) atoms. The van der Waals surface area contributed by atoms with Crippen molar-refractivity contribution in [3.63, 3.8) is 0 Å². The molecule has 0 spiro atoms. The number of carbonyl (C=O) groups excluding carboxylic acids is 1. The Morgan fingerprint density at radius 1 is 1.14 bits per heavy atom. The van der Waals surface area contributed by atoms with Crippen molar-refractivity contribution in [1.82, 2.24) is 19.8 Å². The molecule has 1 amide bonds. The first-order valence-corrected chi connectivity index (χ1v) is 12.7. The number of piperazine rings is 1. The SMILES string of the molecule is COc1cc2ncnc(Nc3ccc(F)c(Cl)c3)c2cc1OCCCN1CCN(C(=O)CCCN)CC1. The molecule has 1 aromatic heterocycles. The average Bonchev–Trinajstić information content (AvgIpc) is 2.92. The number of nitrogens with two attached hydrogens (primary N) is 1. The lowest BCUT2D eigenvalue weighted by Gasteiger charge is -2.34. The van der Waals surface area contributed by atoms with Crippen molar-refractivity contribution in [3.8, 4) is 11.5 Å². The molecule has 4 rings (SSSR count). The standard InChI is InChI=1S/C26H32ClFN6O3/c1-36-23-16-22-19(26(31-17-30-22)32-18-5-6-21(28)20(27)14-18)15-24(23)37-13-3-8-33-9-11-34(12-10-33)25(35)4-2-7-29/h5-6,14-17H,2-4,7-13,29H2,1H3,(H,30,31,32). The number of nitrogens with zero attached hydrogens (tertiary/aromatic N) is 4. The van der Waals surface area contributed by atoms with E-state index in [-0.39, 0.29) is 10.9 Å². The molecule has 0 radical (unpaired) electrons. The number of hydrogen-bond acceptors (Lipinski definition) is 8. The second-order valence-corrected chi connectivity index (χ2v) is 9.22. The highest BCUT2D eigenvalue weighted by Crippen LogP contribution is 2.35. The molecule has 11 heteroatoms. The lowest BCUT2D eigenvalue weighted by atomic mass is 10.2. The first-order valence-electron chi connectivity index (χ1n) is 12.4. The Labute approximate surface area is 220 Å². The first-order chi connectivity index (χ1) is 18.0. The summed E-state index contributed by atoms with van der Waals surface area (Å²) in [6, 6.07) is 8.03. The van der Waals surface area contributed by atoms with Crippen molar-refractivity contribution in [2.75, 3.05) is 58.3 Å². The van der Waals surface area contributed by atoms with Crippen LogP contribution < -0.4 is 20.5 Å². The van der Waals surface area contributed by atoms with Gasteiger partial charge in [-0.1, -0.05) is 11.6 Å². The van der Waals surface area contributed by atoms with Crippen LogP contribution in [0.2, 0.25) is 5.02 Å². The van der Waals surface area contributed by atoms with Crippen molar-refractivity contribution in [1.29, 1.82) is 0 Å². The number of halogens is 2. The van der Waals surface area contributed by atoms with Crippen LogP contribution in [0.15, 0.2) is 36.7 Å². The molecule has 9 nitrogen and oxygen atoms in total. The summed E-state index contributed by atoms with van der Waals surface area (Å²) in [4.78, 5) is 25.1. The van der Waals surface area contributed by atoms with Gasteiger partial charge in [0.2, 0.25) is 5.91 Å². The molecule has 1 aliphatic rings. The van der Waals surface area contributed by atoms with E-state index in [0.29, 0.717) is 48.1 Å².